The Balaban J connectivity index is 1.80. The summed E-state index contributed by atoms with van der Waals surface area (Å²) >= 11 is 1.43. The SMILES string of the molecule is C=C(NN)c1ccc(CN(SN2CCB(C#N)CC2)c2cccc(F)c2)c(F)c1. The van der Waals surface area contributed by atoms with Crippen molar-refractivity contribution in [3.05, 3.63) is 71.8 Å². The largest absolute Gasteiger partial charge is 0.324 e. The Morgan fingerprint density at radius 1 is 1.28 bits per heavy atom. The van der Waals surface area contributed by atoms with Crippen LogP contribution in [0.15, 0.2) is 49.0 Å². The number of benzene rings is 2. The first-order chi connectivity index (χ1) is 14.0. The Morgan fingerprint density at radius 2 is 2.03 bits per heavy atom. The minimum atomic E-state index is -0.385. The predicted molar refractivity (Wildman–Crippen MR) is 115 cm³/mol. The molecule has 9 heteroatoms. The fourth-order valence-electron chi connectivity index (χ4n) is 3.11. The number of anilines is 1. The summed E-state index contributed by atoms with van der Waals surface area (Å²) in [5.74, 6) is 6.92. The van der Waals surface area contributed by atoms with Crippen LogP contribution in [0.3, 0.4) is 0 Å². The summed E-state index contributed by atoms with van der Waals surface area (Å²) in [4.78, 5) is 0. The number of nitrogens with one attached hydrogen (secondary N) is 1. The van der Waals surface area contributed by atoms with Crippen LogP contribution < -0.4 is 15.6 Å². The molecule has 0 unspecified atom stereocenters. The number of hydrazine groups is 1. The maximum absolute atomic E-state index is 14.7. The first kappa shape index (κ1) is 21.2. The molecule has 1 saturated heterocycles. The highest BCUT2D eigenvalue weighted by molar-refractivity contribution is 7.98. The van der Waals surface area contributed by atoms with Gasteiger partial charge in [-0.25, -0.2) is 18.3 Å². The van der Waals surface area contributed by atoms with E-state index >= 15 is 0 Å². The molecule has 0 spiro atoms. The third kappa shape index (κ3) is 5.51. The van der Waals surface area contributed by atoms with Gasteiger partial charge in [-0.1, -0.05) is 24.8 Å². The Hall–Kier alpha value is -2.54. The number of nitrogens with zero attached hydrogens (tertiary/aromatic N) is 3. The van der Waals surface area contributed by atoms with Gasteiger partial charge in [-0.2, -0.15) is 0 Å². The molecule has 5 nitrogen and oxygen atoms in total. The van der Waals surface area contributed by atoms with Crippen LogP contribution >= 0.6 is 12.1 Å². The molecule has 0 atom stereocenters. The van der Waals surface area contributed by atoms with Crippen molar-refractivity contribution in [2.24, 2.45) is 5.84 Å². The molecule has 0 aliphatic carbocycles. The first-order valence-electron chi connectivity index (χ1n) is 9.30. The highest BCUT2D eigenvalue weighted by Gasteiger charge is 2.25. The molecule has 1 fully saturated rings. The zero-order valence-corrected chi connectivity index (χ0v) is 16.8. The van der Waals surface area contributed by atoms with E-state index in [1.165, 1.54) is 30.3 Å². The fraction of sp³-hybridized carbons (Fsp3) is 0.250. The molecule has 29 heavy (non-hydrogen) atoms. The summed E-state index contributed by atoms with van der Waals surface area (Å²) in [6, 6.07) is 11.0. The van der Waals surface area contributed by atoms with Gasteiger partial charge in [0.15, 0.2) is 0 Å². The highest BCUT2D eigenvalue weighted by Crippen LogP contribution is 2.31. The molecule has 0 radical (unpaired) electrons. The maximum atomic E-state index is 14.7. The summed E-state index contributed by atoms with van der Waals surface area (Å²) in [6.45, 7) is 5.55. The van der Waals surface area contributed by atoms with E-state index in [2.05, 4.69) is 22.3 Å². The van der Waals surface area contributed by atoms with Crippen LogP contribution in [0.4, 0.5) is 14.5 Å². The summed E-state index contributed by atoms with van der Waals surface area (Å²) < 4.78 is 32.5. The van der Waals surface area contributed by atoms with E-state index in [1.54, 1.807) is 24.3 Å². The van der Waals surface area contributed by atoms with Crippen molar-refractivity contribution in [3.63, 3.8) is 0 Å². The maximum Gasteiger partial charge on any atom is 0.270 e. The van der Waals surface area contributed by atoms with Crippen molar-refractivity contribution in [3.8, 4) is 5.97 Å². The van der Waals surface area contributed by atoms with E-state index in [0.29, 0.717) is 22.5 Å². The van der Waals surface area contributed by atoms with Crippen molar-refractivity contribution in [1.29, 1.82) is 5.26 Å². The minimum Gasteiger partial charge on any atom is -0.324 e. The van der Waals surface area contributed by atoms with Crippen LogP contribution in [0, 0.1) is 22.9 Å². The minimum absolute atomic E-state index is 0.0729. The van der Waals surface area contributed by atoms with Crippen molar-refractivity contribution in [2.45, 2.75) is 19.2 Å². The van der Waals surface area contributed by atoms with Crippen molar-refractivity contribution < 1.29 is 8.78 Å². The van der Waals surface area contributed by atoms with Gasteiger partial charge in [0.25, 0.3) is 6.71 Å². The van der Waals surface area contributed by atoms with Crippen LogP contribution in [-0.4, -0.2) is 24.1 Å². The van der Waals surface area contributed by atoms with E-state index in [9.17, 15) is 8.78 Å². The Labute approximate surface area is 174 Å². The second-order valence-corrected chi connectivity index (χ2v) is 7.98. The highest BCUT2D eigenvalue weighted by atomic mass is 32.2. The zero-order chi connectivity index (χ0) is 20.8. The fourth-order valence-corrected chi connectivity index (χ4v) is 4.16. The topological polar surface area (TPSA) is 68.3 Å². The molecule has 3 N–H and O–H groups in total. The lowest BCUT2D eigenvalue weighted by Gasteiger charge is -2.33. The Bertz CT molecular complexity index is 912. The lowest BCUT2D eigenvalue weighted by Crippen LogP contribution is -2.35. The number of hydrogen-bond acceptors (Lipinski definition) is 6. The first-order valence-corrected chi connectivity index (χ1v) is 10.0. The van der Waals surface area contributed by atoms with Gasteiger partial charge in [-0.3, -0.25) is 10.1 Å². The zero-order valence-electron chi connectivity index (χ0n) is 15.9. The molecule has 1 heterocycles. The van der Waals surface area contributed by atoms with Crippen molar-refractivity contribution >= 4 is 30.2 Å². The van der Waals surface area contributed by atoms with E-state index in [4.69, 9.17) is 11.1 Å². The second kappa shape index (κ2) is 9.79. The van der Waals surface area contributed by atoms with Crippen LogP contribution in [0.1, 0.15) is 11.1 Å². The van der Waals surface area contributed by atoms with Gasteiger partial charge in [0.2, 0.25) is 0 Å². The molecule has 1 aliphatic rings. The Kier molecular flexibility index (Phi) is 7.15. The molecule has 0 saturated carbocycles. The lowest BCUT2D eigenvalue weighted by molar-refractivity contribution is 0.501. The predicted octanol–water partition coefficient (Wildman–Crippen LogP) is 3.84. The number of nitriles is 1. The third-order valence-corrected chi connectivity index (χ3v) is 5.97. The molecule has 3 rings (SSSR count). The van der Waals surface area contributed by atoms with E-state index < -0.39 is 0 Å². The standard InChI is InChI=1S/C20H22BF2N5S/c1-15(26-25)16-5-6-17(20(23)11-16)13-28(19-4-2-3-18(22)12-19)29-27-9-7-21(14-24)8-10-27/h2-6,11-12,26H,1,7-10,13,25H2. The van der Waals surface area contributed by atoms with Gasteiger partial charge in [-0.15, -0.1) is 0 Å². The van der Waals surface area contributed by atoms with E-state index in [0.717, 1.165) is 25.7 Å². The van der Waals surface area contributed by atoms with Gasteiger partial charge in [0.1, 0.15) is 11.6 Å². The van der Waals surface area contributed by atoms with Gasteiger partial charge >= 0.3 is 0 Å². The Morgan fingerprint density at radius 3 is 2.66 bits per heavy atom. The van der Waals surface area contributed by atoms with Crippen molar-refractivity contribution in [1.82, 2.24) is 9.73 Å². The molecule has 150 valence electrons. The van der Waals surface area contributed by atoms with Crippen molar-refractivity contribution in [2.75, 3.05) is 17.4 Å². The molecule has 0 bridgehead atoms. The van der Waals surface area contributed by atoms with Gasteiger partial charge in [0, 0.05) is 48.0 Å². The average Bonchev–Trinajstić information content (AvgIpc) is 2.74. The van der Waals surface area contributed by atoms with Crippen LogP contribution in [0.2, 0.25) is 12.6 Å². The molecule has 0 amide bonds. The normalized spacial score (nSPS) is 14.3. The molecule has 2 aromatic carbocycles. The van der Waals surface area contributed by atoms with E-state index in [1.807, 2.05) is 4.31 Å². The molecule has 1 aliphatic heterocycles. The average molecular weight is 413 g/mol. The quantitative estimate of drug-likeness (QED) is 0.311. The number of hydrogen-bond donors (Lipinski definition) is 2. The van der Waals surface area contributed by atoms with Gasteiger partial charge in [-0.05, 0) is 36.9 Å². The lowest BCUT2D eigenvalue weighted by atomic mass is 9.45. The van der Waals surface area contributed by atoms with Gasteiger partial charge in [0.05, 0.1) is 12.2 Å². The smallest absolute Gasteiger partial charge is 0.270 e. The number of nitrogens with two attached hydrogens (primary N) is 1. The summed E-state index contributed by atoms with van der Waals surface area (Å²) in [5.41, 5.74) is 4.53. The third-order valence-electron chi connectivity index (χ3n) is 4.84. The molecule has 0 aromatic heterocycles. The molecule has 2 aromatic rings. The van der Waals surface area contributed by atoms with Gasteiger partial charge < -0.3 is 5.43 Å². The second-order valence-electron chi connectivity index (χ2n) is 6.86. The van der Waals surface area contributed by atoms with E-state index in [-0.39, 0.29) is 24.9 Å². The van der Waals surface area contributed by atoms with Crippen LogP contribution in [-0.2, 0) is 6.54 Å². The molecular formula is C20H22BF2N5S. The van der Waals surface area contributed by atoms with Crippen LogP contribution in [0.5, 0.6) is 0 Å². The summed E-state index contributed by atoms with van der Waals surface area (Å²) in [5, 5.41) is 9.08. The summed E-state index contributed by atoms with van der Waals surface area (Å²) in [6.07, 6.45) is 1.58. The monoisotopic (exact) mass is 413 g/mol. The summed E-state index contributed by atoms with van der Waals surface area (Å²) in [7, 11) is 0. The number of rotatable bonds is 7. The molecular weight excluding hydrogens is 391 g/mol. The number of halogens is 2. The van der Waals surface area contributed by atoms with Crippen LogP contribution in [0.25, 0.3) is 5.70 Å².